The molecule has 2 aliphatic heterocycles. The van der Waals surface area contributed by atoms with Gasteiger partial charge in [-0.05, 0) is 30.7 Å². The van der Waals surface area contributed by atoms with Gasteiger partial charge in [-0.1, -0.05) is 91.0 Å². The molecule has 0 fully saturated rings. The maximum atomic E-state index is 13.7. The molecule has 2 heterocycles. The van der Waals surface area contributed by atoms with Crippen LogP contribution in [-0.2, 0) is 20.1 Å². The number of fused-ring (bicyclic) bond motifs is 2. The number of amides is 2. The average molecular weight is 504 g/mol. The molecule has 1 unspecified atom stereocenters. The Balaban J connectivity index is 1.45. The molecule has 1 atom stereocenters. The molecule has 0 aromatic heterocycles. The van der Waals surface area contributed by atoms with Crippen molar-refractivity contribution < 1.29 is 19.1 Å². The number of ether oxygens (including phenoxy) is 2. The van der Waals surface area contributed by atoms with E-state index in [2.05, 4.69) is 10.7 Å². The molecule has 6 rings (SSSR count). The second-order valence-electron chi connectivity index (χ2n) is 9.13. The lowest BCUT2D eigenvalue weighted by atomic mass is 10.0. The Morgan fingerprint density at radius 2 is 1.58 bits per heavy atom. The summed E-state index contributed by atoms with van der Waals surface area (Å²) >= 11 is 0. The van der Waals surface area contributed by atoms with E-state index in [1.165, 1.54) is 5.01 Å². The maximum Gasteiger partial charge on any atom is 0.308 e. The van der Waals surface area contributed by atoms with Crippen LogP contribution in [0.4, 0.5) is 5.69 Å². The zero-order valence-electron chi connectivity index (χ0n) is 20.7. The van der Waals surface area contributed by atoms with Gasteiger partial charge in [0.2, 0.25) is 0 Å². The Morgan fingerprint density at radius 1 is 0.895 bits per heavy atom. The average Bonchev–Trinajstić information content (AvgIpc) is 3.43. The van der Waals surface area contributed by atoms with Gasteiger partial charge in [0, 0.05) is 11.1 Å². The number of rotatable bonds is 6. The molecule has 38 heavy (non-hydrogen) atoms. The van der Waals surface area contributed by atoms with Crippen LogP contribution in [0, 0.1) is 6.92 Å². The van der Waals surface area contributed by atoms with Crippen molar-refractivity contribution in [2.24, 2.45) is 0 Å². The van der Waals surface area contributed by atoms with Crippen molar-refractivity contribution in [3.63, 3.8) is 0 Å². The minimum Gasteiger partial charge on any atom is -0.484 e. The van der Waals surface area contributed by atoms with Crippen LogP contribution >= 0.6 is 0 Å². The number of para-hydroxylation sites is 1. The fraction of sp³-hybridized carbons (Fsp3) is 0.0968. The summed E-state index contributed by atoms with van der Waals surface area (Å²) in [5, 5.41) is 4.46. The molecule has 0 radical (unpaired) electrons. The molecule has 7 nitrogen and oxygen atoms in total. The Hall–Kier alpha value is -5.04. The van der Waals surface area contributed by atoms with Crippen LogP contribution in [0.5, 0.6) is 5.75 Å². The monoisotopic (exact) mass is 503 g/mol. The van der Waals surface area contributed by atoms with Crippen molar-refractivity contribution in [2.45, 2.75) is 12.6 Å². The van der Waals surface area contributed by atoms with Gasteiger partial charge in [0.05, 0.1) is 11.3 Å². The lowest BCUT2D eigenvalue weighted by molar-refractivity contribution is -0.154. The van der Waals surface area contributed by atoms with Crippen molar-refractivity contribution in [1.29, 1.82) is 0 Å². The molecular formula is C31H25N3O4. The van der Waals surface area contributed by atoms with Crippen molar-refractivity contribution in [3.8, 4) is 5.75 Å². The first-order chi connectivity index (χ1) is 18.6. The lowest BCUT2D eigenvalue weighted by Gasteiger charge is -2.34. The van der Waals surface area contributed by atoms with Crippen molar-refractivity contribution in [1.82, 2.24) is 10.4 Å². The topological polar surface area (TPSA) is 79.9 Å². The van der Waals surface area contributed by atoms with E-state index in [-0.39, 0.29) is 6.61 Å². The standard InChI is InChI=1S/C31H25N3O4/c1-21-11-10-16-24(19-21)37-20-27(35)33-34-28(22-12-4-2-5-13-22)29(23-14-6-3-7-15-23)38-31(34)25-17-8-9-18-26(25)32-30(31)36/h2-19H,20H2,1H3,(H,32,36)(H,33,35). The van der Waals surface area contributed by atoms with E-state index in [0.717, 1.165) is 16.7 Å². The van der Waals surface area contributed by atoms with Gasteiger partial charge in [0.25, 0.3) is 11.8 Å². The van der Waals surface area contributed by atoms with Gasteiger partial charge >= 0.3 is 5.72 Å². The van der Waals surface area contributed by atoms with Crippen LogP contribution in [0.15, 0.2) is 109 Å². The molecule has 2 amide bonds. The summed E-state index contributed by atoms with van der Waals surface area (Å²) in [5.41, 5.74) is 5.65. The van der Waals surface area contributed by atoms with Gasteiger partial charge in [-0.15, -0.1) is 0 Å². The summed E-state index contributed by atoms with van der Waals surface area (Å²) in [6.45, 7) is 1.71. The molecule has 1 spiro atoms. The number of carbonyl (C=O) groups excluding carboxylic acids is 2. The van der Waals surface area contributed by atoms with Crippen molar-refractivity contribution in [3.05, 3.63) is 131 Å². The predicted octanol–water partition coefficient (Wildman–Crippen LogP) is 5.07. The molecule has 2 N–H and O–H groups in total. The van der Waals surface area contributed by atoms with E-state index < -0.39 is 17.5 Å². The smallest absolute Gasteiger partial charge is 0.308 e. The number of carbonyl (C=O) groups is 2. The highest BCUT2D eigenvalue weighted by atomic mass is 16.5. The minimum atomic E-state index is -1.65. The van der Waals surface area contributed by atoms with Crippen LogP contribution < -0.4 is 15.5 Å². The zero-order chi connectivity index (χ0) is 26.1. The largest absolute Gasteiger partial charge is 0.484 e. The highest BCUT2D eigenvalue weighted by Crippen LogP contribution is 2.52. The Bertz CT molecular complexity index is 1550. The van der Waals surface area contributed by atoms with Crippen LogP contribution in [0.2, 0.25) is 0 Å². The van der Waals surface area contributed by atoms with E-state index in [1.807, 2.05) is 110 Å². The maximum absolute atomic E-state index is 13.7. The minimum absolute atomic E-state index is 0.248. The fourth-order valence-corrected chi connectivity index (χ4v) is 4.83. The van der Waals surface area contributed by atoms with E-state index in [0.29, 0.717) is 28.5 Å². The molecular weight excluding hydrogens is 478 g/mol. The van der Waals surface area contributed by atoms with Gasteiger partial charge in [0.1, 0.15) is 11.4 Å². The molecule has 188 valence electrons. The van der Waals surface area contributed by atoms with Crippen molar-refractivity contribution >= 4 is 29.0 Å². The van der Waals surface area contributed by atoms with Crippen LogP contribution in [-0.4, -0.2) is 23.4 Å². The van der Waals surface area contributed by atoms with Gasteiger partial charge < -0.3 is 14.8 Å². The molecule has 0 saturated carbocycles. The van der Waals surface area contributed by atoms with E-state index in [9.17, 15) is 9.59 Å². The predicted molar refractivity (Wildman–Crippen MR) is 144 cm³/mol. The summed E-state index contributed by atoms with van der Waals surface area (Å²) in [4.78, 5) is 27.1. The van der Waals surface area contributed by atoms with Crippen LogP contribution in [0.3, 0.4) is 0 Å². The van der Waals surface area contributed by atoms with Crippen LogP contribution in [0.25, 0.3) is 11.5 Å². The third-order valence-electron chi connectivity index (χ3n) is 6.53. The molecule has 4 aromatic carbocycles. The SMILES string of the molecule is Cc1cccc(OCC(=O)NN2C(c3ccccc3)=C(c3ccccc3)OC23C(=O)Nc2ccccc23)c1. The summed E-state index contributed by atoms with van der Waals surface area (Å²) in [6, 6.07) is 33.9. The van der Waals surface area contributed by atoms with Gasteiger partial charge in [-0.3, -0.25) is 15.0 Å². The van der Waals surface area contributed by atoms with E-state index >= 15 is 0 Å². The van der Waals surface area contributed by atoms with E-state index in [1.54, 1.807) is 6.07 Å². The number of hydrogen-bond donors (Lipinski definition) is 2. The van der Waals surface area contributed by atoms with Crippen molar-refractivity contribution in [2.75, 3.05) is 11.9 Å². The Kier molecular flexibility index (Phi) is 5.81. The first-order valence-electron chi connectivity index (χ1n) is 12.3. The van der Waals surface area contributed by atoms with Crippen LogP contribution in [0.1, 0.15) is 22.3 Å². The molecule has 4 aromatic rings. The molecule has 7 heteroatoms. The zero-order valence-corrected chi connectivity index (χ0v) is 20.7. The lowest BCUT2D eigenvalue weighted by Crippen LogP contribution is -2.56. The summed E-state index contributed by atoms with van der Waals surface area (Å²) < 4.78 is 12.4. The number of nitrogens with one attached hydrogen (secondary N) is 2. The van der Waals surface area contributed by atoms with Gasteiger partial charge in [0.15, 0.2) is 12.4 Å². The summed E-state index contributed by atoms with van der Waals surface area (Å²) in [6.07, 6.45) is 0. The second kappa shape index (κ2) is 9.44. The quantitative estimate of drug-likeness (QED) is 0.384. The normalized spacial score (nSPS) is 17.7. The first kappa shape index (κ1) is 23.4. The summed E-state index contributed by atoms with van der Waals surface area (Å²) in [7, 11) is 0. The number of aryl methyl sites for hydroxylation is 1. The number of anilines is 1. The molecule has 0 saturated heterocycles. The Labute approximate surface area is 220 Å². The number of hydrazine groups is 1. The summed E-state index contributed by atoms with van der Waals surface area (Å²) in [5.74, 6) is 0.219. The second-order valence-corrected chi connectivity index (χ2v) is 9.13. The molecule has 0 bridgehead atoms. The third-order valence-corrected chi connectivity index (χ3v) is 6.53. The third kappa shape index (κ3) is 3.94. The highest BCUT2D eigenvalue weighted by molar-refractivity contribution is 6.08. The number of hydrogen-bond acceptors (Lipinski definition) is 5. The number of benzene rings is 4. The first-order valence-corrected chi connectivity index (χ1v) is 12.3. The van der Waals surface area contributed by atoms with Gasteiger partial charge in [-0.2, -0.15) is 0 Å². The Morgan fingerprint density at radius 3 is 2.32 bits per heavy atom. The van der Waals surface area contributed by atoms with Gasteiger partial charge in [-0.25, -0.2) is 5.01 Å². The fourth-order valence-electron chi connectivity index (χ4n) is 4.83. The molecule has 0 aliphatic carbocycles. The number of nitrogens with zero attached hydrogens (tertiary/aromatic N) is 1. The molecule has 2 aliphatic rings. The highest BCUT2D eigenvalue weighted by Gasteiger charge is 2.60. The van der Waals surface area contributed by atoms with E-state index in [4.69, 9.17) is 9.47 Å².